The van der Waals surface area contributed by atoms with E-state index in [-0.39, 0.29) is 5.78 Å². The molecule has 0 amide bonds. The number of likely N-dealkylation sites (tertiary alicyclic amines) is 1. The highest BCUT2D eigenvalue weighted by Gasteiger charge is 2.11. The lowest BCUT2D eigenvalue weighted by Gasteiger charge is -2.26. The Morgan fingerprint density at radius 1 is 1.09 bits per heavy atom. The van der Waals surface area contributed by atoms with E-state index in [1.807, 2.05) is 41.8 Å². The zero-order chi connectivity index (χ0) is 15.2. The maximum Gasteiger partial charge on any atom is 0.202 e. The largest absolute Gasteiger partial charge is 0.492 e. The summed E-state index contributed by atoms with van der Waals surface area (Å²) < 4.78 is 5.78. The fraction of sp³-hybridized carbons (Fsp3) is 0.389. The van der Waals surface area contributed by atoms with E-state index in [9.17, 15) is 4.79 Å². The number of thiophene rings is 1. The molecule has 1 aromatic heterocycles. The van der Waals surface area contributed by atoms with Gasteiger partial charge in [0.2, 0.25) is 5.78 Å². The summed E-state index contributed by atoms with van der Waals surface area (Å²) in [4.78, 5) is 15.4. The van der Waals surface area contributed by atoms with Crippen LogP contribution in [-0.4, -0.2) is 36.9 Å². The van der Waals surface area contributed by atoms with Crippen molar-refractivity contribution in [2.24, 2.45) is 0 Å². The highest BCUT2D eigenvalue weighted by Crippen LogP contribution is 2.18. The molecule has 0 saturated carbocycles. The third-order valence-electron chi connectivity index (χ3n) is 3.99. The first-order chi connectivity index (χ1) is 10.8. The van der Waals surface area contributed by atoms with Crippen molar-refractivity contribution in [3.05, 3.63) is 52.2 Å². The SMILES string of the molecule is O=C(c1ccc(OCCN2CCCCC2)cc1)c1cccs1. The molecular weight excluding hydrogens is 294 g/mol. The molecule has 1 aliphatic heterocycles. The Hall–Kier alpha value is -1.65. The molecule has 0 N–H and O–H groups in total. The predicted molar refractivity (Wildman–Crippen MR) is 90.0 cm³/mol. The number of ether oxygens (including phenoxy) is 1. The van der Waals surface area contributed by atoms with Gasteiger partial charge in [0.25, 0.3) is 0 Å². The molecule has 4 heteroatoms. The molecule has 0 radical (unpaired) electrons. The van der Waals surface area contributed by atoms with Gasteiger partial charge in [-0.1, -0.05) is 12.5 Å². The van der Waals surface area contributed by atoms with Crippen LogP contribution in [0.4, 0.5) is 0 Å². The van der Waals surface area contributed by atoms with Crippen LogP contribution < -0.4 is 4.74 Å². The fourth-order valence-electron chi connectivity index (χ4n) is 2.73. The van der Waals surface area contributed by atoms with Gasteiger partial charge in [-0.15, -0.1) is 11.3 Å². The van der Waals surface area contributed by atoms with Crippen molar-refractivity contribution >= 4 is 17.1 Å². The van der Waals surface area contributed by atoms with Crippen LogP contribution in [0.2, 0.25) is 0 Å². The molecule has 2 aromatic rings. The Balaban J connectivity index is 1.50. The predicted octanol–water partition coefficient (Wildman–Crippen LogP) is 3.84. The Labute approximate surface area is 135 Å². The van der Waals surface area contributed by atoms with Crippen molar-refractivity contribution in [3.63, 3.8) is 0 Å². The number of hydrogen-bond donors (Lipinski definition) is 0. The van der Waals surface area contributed by atoms with Crippen LogP contribution in [0.5, 0.6) is 5.75 Å². The molecule has 0 bridgehead atoms. The molecule has 1 aliphatic rings. The molecule has 1 saturated heterocycles. The van der Waals surface area contributed by atoms with Gasteiger partial charge >= 0.3 is 0 Å². The Kier molecular flexibility index (Phi) is 5.24. The second-order valence-electron chi connectivity index (χ2n) is 5.58. The Morgan fingerprint density at radius 2 is 1.86 bits per heavy atom. The number of carbonyl (C=O) groups is 1. The molecule has 2 heterocycles. The lowest BCUT2D eigenvalue weighted by molar-refractivity contribution is 0.104. The second-order valence-corrected chi connectivity index (χ2v) is 6.53. The van der Waals surface area contributed by atoms with E-state index in [2.05, 4.69) is 4.90 Å². The van der Waals surface area contributed by atoms with E-state index in [0.717, 1.165) is 17.2 Å². The summed E-state index contributed by atoms with van der Waals surface area (Å²) in [6, 6.07) is 11.2. The molecule has 0 atom stereocenters. The quantitative estimate of drug-likeness (QED) is 0.759. The zero-order valence-corrected chi connectivity index (χ0v) is 13.5. The highest BCUT2D eigenvalue weighted by atomic mass is 32.1. The molecular formula is C18H21NO2S. The van der Waals surface area contributed by atoms with Gasteiger partial charge in [0.05, 0.1) is 4.88 Å². The van der Waals surface area contributed by atoms with Crippen molar-refractivity contribution in [2.45, 2.75) is 19.3 Å². The van der Waals surface area contributed by atoms with Gasteiger partial charge in [0, 0.05) is 12.1 Å². The van der Waals surface area contributed by atoms with E-state index in [1.54, 1.807) is 0 Å². The van der Waals surface area contributed by atoms with Crippen molar-refractivity contribution in [1.82, 2.24) is 4.90 Å². The number of carbonyl (C=O) groups excluding carboxylic acids is 1. The molecule has 3 nitrogen and oxygen atoms in total. The molecule has 22 heavy (non-hydrogen) atoms. The molecule has 0 spiro atoms. The van der Waals surface area contributed by atoms with E-state index < -0.39 is 0 Å². The normalized spacial score (nSPS) is 15.6. The van der Waals surface area contributed by atoms with E-state index in [4.69, 9.17) is 4.74 Å². The van der Waals surface area contributed by atoms with Gasteiger partial charge in [0.15, 0.2) is 0 Å². The summed E-state index contributed by atoms with van der Waals surface area (Å²) in [6.07, 6.45) is 3.97. The minimum absolute atomic E-state index is 0.0786. The zero-order valence-electron chi connectivity index (χ0n) is 12.7. The lowest BCUT2D eigenvalue weighted by Crippen LogP contribution is -2.33. The highest BCUT2D eigenvalue weighted by molar-refractivity contribution is 7.12. The van der Waals surface area contributed by atoms with Crippen molar-refractivity contribution in [2.75, 3.05) is 26.2 Å². The first-order valence-corrected chi connectivity index (χ1v) is 8.74. The van der Waals surface area contributed by atoms with Gasteiger partial charge in [-0.2, -0.15) is 0 Å². The molecule has 0 aliphatic carbocycles. The maximum atomic E-state index is 12.2. The second kappa shape index (κ2) is 7.56. The van der Waals surface area contributed by atoms with Crippen LogP contribution in [0, 0.1) is 0 Å². The average molecular weight is 315 g/mol. The Bertz CT molecular complexity index is 586. The van der Waals surface area contributed by atoms with Crippen LogP contribution in [0.3, 0.4) is 0 Å². The summed E-state index contributed by atoms with van der Waals surface area (Å²) in [7, 11) is 0. The summed E-state index contributed by atoms with van der Waals surface area (Å²) in [5, 5.41) is 1.92. The van der Waals surface area contributed by atoms with Crippen LogP contribution in [0.15, 0.2) is 41.8 Å². The van der Waals surface area contributed by atoms with Gasteiger partial charge in [-0.25, -0.2) is 0 Å². The minimum atomic E-state index is 0.0786. The van der Waals surface area contributed by atoms with Crippen LogP contribution in [0.25, 0.3) is 0 Å². The third kappa shape index (κ3) is 3.96. The summed E-state index contributed by atoms with van der Waals surface area (Å²) in [5.74, 6) is 0.912. The topological polar surface area (TPSA) is 29.5 Å². The molecule has 3 rings (SSSR count). The lowest BCUT2D eigenvalue weighted by atomic mass is 10.1. The average Bonchev–Trinajstić information content (AvgIpc) is 3.10. The van der Waals surface area contributed by atoms with Gasteiger partial charge in [-0.05, 0) is 61.6 Å². The summed E-state index contributed by atoms with van der Waals surface area (Å²) in [5.41, 5.74) is 0.714. The monoisotopic (exact) mass is 315 g/mol. The number of benzene rings is 1. The third-order valence-corrected chi connectivity index (χ3v) is 4.86. The van der Waals surface area contributed by atoms with E-state index in [0.29, 0.717) is 12.2 Å². The summed E-state index contributed by atoms with van der Waals surface area (Å²) >= 11 is 1.47. The van der Waals surface area contributed by atoms with E-state index in [1.165, 1.54) is 43.7 Å². The minimum Gasteiger partial charge on any atom is -0.492 e. The van der Waals surface area contributed by atoms with Crippen molar-refractivity contribution in [1.29, 1.82) is 0 Å². The number of ketones is 1. The van der Waals surface area contributed by atoms with Crippen molar-refractivity contribution < 1.29 is 9.53 Å². The molecule has 0 unspecified atom stereocenters. The first-order valence-electron chi connectivity index (χ1n) is 7.86. The molecule has 116 valence electrons. The summed E-state index contributed by atoms with van der Waals surface area (Å²) in [6.45, 7) is 4.07. The number of piperidine rings is 1. The van der Waals surface area contributed by atoms with E-state index >= 15 is 0 Å². The van der Waals surface area contributed by atoms with Crippen molar-refractivity contribution in [3.8, 4) is 5.75 Å². The number of rotatable bonds is 6. The maximum absolute atomic E-state index is 12.2. The molecule has 1 fully saturated rings. The first kappa shape index (κ1) is 15.3. The molecule has 1 aromatic carbocycles. The van der Waals surface area contributed by atoms with Gasteiger partial charge < -0.3 is 4.74 Å². The van der Waals surface area contributed by atoms with Crippen LogP contribution in [-0.2, 0) is 0 Å². The number of hydrogen-bond acceptors (Lipinski definition) is 4. The van der Waals surface area contributed by atoms with Crippen LogP contribution >= 0.6 is 11.3 Å². The Morgan fingerprint density at radius 3 is 2.55 bits per heavy atom. The van der Waals surface area contributed by atoms with Crippen LogP contribution in [0.1, 0.15) is 34.5 Å². The standard InChI is InChI=1S/C18H21NO2S/c20-18(17-5-4-14-22-17)15-6-8-16(9-7-15)21-13-12-19-10-2-1-3-11-19/h4-9,14H,1-3,10-13H2. The van der Waals surface area contributed by atoms with Gasteiger partial charge in [0.1, 0.15) is 12.4 Å². The fourth-order valence-corrected chi connectivity index (χ4v) is 3.41. The number of nitrogens with zero attached hydrogens (tertiary/aromatic N) is 1. The smallest absolute Gasteiger partial charge is 0.202 e. The van der Waals surface area contributed by atoms with Gasteiger partial charge in [-0.3, -0.25) is 9.69 Å².